The van der Waals surface area contributed by atoms with Gasteiger partial charge in [0.1, 0.15) is 12.0 Å². The fraction of sp³-hybridized carbons (Fsp3) is 0.133. The number of hydrogen-bond donors (Lipinski definition) is 0. The average Bonchev–Trinajstić information content (AvgIpc) is 2.43. The molecule has 2 aromatic carbocycles. The molecule has 0 radical (unpaired) electrons. The van der Waals surface area contributed by atoms with Crippen LogP contribution in [0.3, 0.4) is 0 Å². The zero-order valence-corrected chi connectivity index (χ0v) is 11.1. The van der Waals surface area contributed by atoms with Gasteiger partial charge in [-0.2, -0.15) is 0 Å². The van der Waals surface area contributed by atoms with Crippen LogP contribution in [0.25, 0.3) is 0 Å². The Morgan fingerprint density at radius 2 is 1.85 bits per heavy atom. The van der Waals surface area contributed by atoms with Crippen molar-refractivity contribution >= 4 is 12.0 Å². The van der Waals surface area contributed by atoms with Gasteiger partial charge >= 0.3 is 5.69 Å². The van der Waals surface area contributed by atoms with Gasteiger partial charge in [0.2, 0.25) is 5.75 Å². The molecular weight excluding hydrogens is 258 g/mol. The number of nitro benzene ring substituents is 1. The summed E-state index contributed by atoms with van der Waals surface area (Å²) in [7, 11) is 0. The van der Waals surface area contributed by atoms with Crippen LogP contribution in [0.1, 0.15) is 21.5 Å². The van der Waals surface area contributed by atoms with E-state index >= 15 is 0 Å². The maximum absolute atomic E-state index is 11.0. The lowest BCUT2D eigenvalue weighted by Gasteiger charge is -2.10. The van der Waals surface area contributed by atoms with Crippen molar-refractivity contribution in [3.63, 3.8) is 0 Å². The molecule has 0 unspecified atom stereocenters. The highest BCUT2D eigenvalue weighted by molar-refractivity contribution is 5.77. The summed E-state index contributed by atoms with van der Waals surface area (Å²) in [6, 6.07) is 9.76. The first-order valence-corrected chi connectivity index (χ1v) is 6.00. The molecule has 0 amide bonds. The Balaban J connectivity index is 2.45. The first kappa shape index (κ1) is 13.7. The molecule has 0 aliphatic rings. The standard InChI is InChI=1S/C15H13NO4/c1-10-3-4-11(2)15(7-10)20-14-6-5-12(9-17)8-13(14)16(18)19/h3-9H,1-2H3. The number of nitrogens with zero attached hydrogens (tertiary/aromatic N) is 1. The molecule has 0 atom stereocenters. The van der Waals surface area contributed by atoms with Crippen LogP contribution < -0.4 is 4.74 Å². The van der Waals surface area contributed by atoms with Crippen LogP contribution in [0.4, 0.5) is 5.69 Å². The Hall–Kier alpha value is -2.69. The summed E-state index contributed by atoms with van der Waals surface area (Å²) < 4.78 is 5.62. The fourth-order valence-corrected chi connectivity index (χ4v) is 1.77. The summed E-state index contributed by atoms with van der Waals surface area (Å²) in [5.41, 5.74) is 1.89. The van der Waals surface area contributed by atoms with Crippen LogP contribution in [0.2, 0.25) is 0 Å². The Morgan fingerprint density at radius 1 is 1.10 bits per heavy atom. The molecule has 0 saturated heterocycles. The van der Waals surface area contributed by atoms with Crippen LogP contribution >= 0.6 is 0 Å². The van der Waals surface area contributed by atoms with Crippen molar-refractivity contribution in [3.05, 3.63) is 63.2 Å². The lowest BCUT2D eigenvalue weighted by Crippen LogP contribution is -1.96. The maximum Gasteiger partial charge on any atom is 0.312 e. The first-order chi connectivity index (χ1) is 9.51. The lowest BCUT2D eigenvalue weighted by molar-refractivity contribution is -0.385. The van der Waals surface area contributed by atoms with E-state index in [2.05, 4.69) is 0 Å². The van der Waals surface area contributed by atoms with Crippen molar-refractivity contribution < 1.29 is 14.5 Å². The number of nitro groups is 1. The van der Waals surface area contributed by atoms with Gasteiger partial charge in [-0.25, -0.2) is 0 Å². The molecule has 5 heteroatoms. The summed E-state index contributed by atoms with van der Waals surface area (Å²) >= 11 is 0. The topological polar surface area (TPSA) is 69.4 Å². The predicted molar refractivity (Wildman–Crippen MR) is 74.5 cm³/mol. The molecule has 0 fully saturated rings. The van der Waals surface area contributed by atoms with Crippen LogP contribution in [-0.2, 0) is 0 Å². The second-order valence-electron chi connectivity index (χ2n) is 4.47. The predicted octanol–water partition coefficient (Wildman–Crippen LogP) is 3.82. The Morgan fingerprint density at radius 3 is 2.50 bits per heavy atom. The van der Waals surface area contributed by atoms with E-state index in [4.69, 9.17) is 4.74 Å². The Labute approximate surface area is 116 Å². The quantitative estimate of drug-likeness (QED) is 0.481. The summed E-state index contributed by atoms with van der Waals surface area (Å²) in [6.07, 6.45) is 0.564. The second kappa shape index (κ2) is 5.52. The summed E-state index contributed by atoms with van der Waals surface area (Å²) in [4.78, 5) is 21.2. The van der Waals surface area contributed by atoms with E-state index in [-0.39, 0.29) is 17.0 Å². The van der Waals surface area contributed by atoms with Crippen LogP contribution in [0.5, 0.6) is 11.5 Å². The molecule has 0 aliphatic heterocycles. The van der Waals surface area contributed by atoms with Gasteiger partial charge in [-0.05, 0) is 43.2 Å². The average molecular weight is 271 g/mol. The summed E-state index contributed by atoms with van der Waals surface area (Å²) in [5, 5.41) is 11.0. The van der Waals surface area contributed by atoms with E-state index < -0.39 is 4.92 Å². The molecule has 20 heavy (non-hydrogen) atoms. The largest absolute Gasteiger partial charge is 0.450 e. The van der Waals surface area contributed by atoms with Crippen molar-refractivity contribution in [2.24, 2.45) is 0 Å². The van der Waals surface area contributed by atoms with Gasteiger partial charge in [0.15, 0.2) is 0 Å². The molecule has 0 bridgehead atoms. The SMILES string of the molecule is Cc1ccc(C)c(Oc2ccc(C=O)cc2[N+](=O)[O-])c1. The van der Waals surface area contributed by atoms with Crippen molar-refractivity contribution in [1.29, 1.82) is 0 Å². The molecule has 2 aromatic rings. The smallest absolute Gasteiger partial charge is 0.312 e. The molecule has 0 aromatic heterocycles. The molecule has 0 spiro atoms. The normalized spacial score (nSPS) is 10.1. The summed E-state index contributed by atoms with van der Waals surface area (Å²) in [5.74, 6) is 0.682. The third kappa shape index (κ3) is 2.83. The van der Waals surface area contributed by atoms with Gasteiger partial charge in [0.25, 0.3) is 0 Å². The number of aryl methyl sites for hydroxylation is 2. The second-order valence-corrected chi connectivity index (χ2v) is 4.47. The van der Waals surface area contributed by atoms with Crippen molar-refractivity contribution in [1.82, 2.24) is 0 Å². The van der Waals surface area contributed by atoms with Gasteiger partial charge < -0.3 is 4.74 Å². The Kier molecular flexibility index (Phi) is 3.79. The highest BCUT2D eigenvalue weighted by atomic mass is 16.6. The molecule has 2 rings (SSSR count). The highest BCUT2D eigenvalue weighted by Gasteiger charge is 2.17. The van der Waals surface area contributed by atoms with E-state index in [1.165, 1.54) is 18.2 Å². The van der Waals surface area contributed by atoms with Crippen molar-refractivity contribution in [2.45, 2.75) is 13.8 Å². The number of carbonyl (C=O) groups excluding carboxylic acids is 1. The third-order valence-electron chi connectivity index (χ3n) is 2.88. The molecule has 102 valence electrons. The van der Waals surface area contributed by atoms with Gasteiger partial charge in [-0.15, -0.1) is 0 Å². The minimum Gasteiger partial charge on any atom is -0.450 e. The van der Waals surface area contributed by atoms with E-state index in [0.717, 1.165) is 11.1 Å². The number of ether oxygens (including phenoxy) is 1. The van der Waals surface area contributed by atoms with Gasteiger partial charge in [0, 0.05) is 11.6 Å². The number of benzene rings is 2. The first-order valence-electron chi connectivity index (χ1n) is 6.00. The molecule has 5 nitrogen and oxygen atoms in total. The maximum atomic E-state index is 11.0. The van der Waals surface area contributed by atoms with E-state index in [1.807, 2.05) is 32.0 Å². The zero-order valence-electron chi connectivity index (χ0n) is 11.1. The molecular formula is C15H13NO4. The number of aldehydes is 1. The minimum absolute atomic E-state index is 0.120. The Bertz CT molecular complexity index is 680. The van der Waals surface area contributed by atoms with Crippen LogP contribution in [-0.4, -0.2) is 11.2 Å². The van der Waals surface area contributed by atoms with Crippen LogP contribution in [0, 0.1) is 24.0 Å². The number of carbonyl (C=O) groups is 1. The van der Waals surface area contributed by atoms with Crippen molar-refractivity contribution in [3.8, 4) is 11.5 Å². The molecule has 0 saturated carbocycles. The molecule has 0 heterocycles. The monoisotopic (exact) mass is 271 g/mol. The number of hydrogen-bond acceptors (Lipinski definition) is 4. The van der Waals surface area contributed by atoms with Gasteiger partial charge in [-0.1, -0.05) is 12.1 Å². The molecule has 0 aliphatic carbocycles. The van der Waals surface area contributed by atoms with E-state index in [9.17, 15) is 14.9 Å². The summed E-state index contributed by atoms with van der Waals surface area (Å²) in [6.45, 7) is 3.77. The van der Waals surface area contributed by atoms with E-state index in [0.29, 0.717) is 12.0 Å². The van der Waals surface area contributed by atoms with Gasteiger partial charge in [0.05, 0.1) is 4.92 Å². The number of rotatable bonds is 4. The van der Waals surface area contributed by atoms with Crippen molar-refractivity contribution in [2.75, 3.05) is 0 Å². The minimum atomic E-state index is -0.562. The van der Waals surface area contributed by atoms with E-state index in [1.54, 1.807) is 0 Å². The van der Waals surface area contributed by atoms with Crippen LogP contribution in [0.15, 0.2) is 36.4 Å². The van der Waals surface area contributed by atoms with Gasteiger partial charge in [-0.3, -0.25) is 14.9 Å². The highest BCUT2D eigenvalue weighted by Crippen LogP contribution is 2.33. The third-order valence-corrected chi connectivity index (χ3v) is 2.88. The fourth-order valence-electron chi connectivity index (χ4n) is 1.77. The zero-order chi connectivity index (χ0) is 14.7. The lowest BCUT2D eigenvalue weighted by atomic mass is 10.1. The molecule has 0 N–H and O–H groups in total.